The zero-order chi connectivity index (χ0) is 14.8. The van der Waals surface area contributed by atoms with Crippen molar-refractivity contribution in [1.29, 1.82) is 0 Å². The maximum Gasteiger partial charge on any atom is 0.248 e. The molecule has 2 aliphatic heterocycles. The molecular weight excluding hydrogens is 268 g/mol. The number of nitrogens with zero attached hydrogens (tertiary/aromatic N) is 1. The van der Waals surface area contributed by atoms with Crippen LogP contribution in [-0.2, 0) is 4.79 Å². The van der Waals surface area contributed by atoms with Crippen molar-refractivity contribution >= 4 is 17.5 Å². The first-order valence-electron chi connectivity index (χ1n) is 7.24. The van der Waals surface area contributed by atoms with Crippen LogP contribution in [0, 0.1) is 11.8 Å². The minimum Gasteiger partial charge on any atom is -0.366 e. The standard InChI is InChI=1S/C15H20N4O2/c16-15(21)10-1-3-13(4-2-10)18-14(20)9-19-7-11-5-17-6-12(11)8-19/h1-4,11-12,17H,5-9H2,(H2,16,21)(H,18,20)/t11-,12+. The molecule has 21 heavy (non-hydrogen) atoms. The molecule has 0 radical (unpaired) electrons. The van der Waals surface area contributed by atoms with Crippen molar-refractivity contribution in [2.45, 2.75) is 0 Å². The first-order valence-corrected chi connectivity index (χ1v) is 7.24. The molecule has 0 saturated carbocycles. The molecule has 0 spiro atoms. The van der Waals surface area contributed by atoms with Gasteiger partial charge in [-0.15, -0.1) is 0 Å². The number of hydrogen-bond donors (Lipinski definition) is 3. The lowest BCUT2D eigenvalue weighted by molar-refractivity contribution is -0.117. The quantitative estimate of drug-likeness (QED) is 0.720. The number of carbonyl (C=O) groups is 2. The number of fused-ring (bicyclic) bond motifs is 1. The van der Waals surface area contributed by atoms with Crippen molar-refractivity contribution in [1.82, 2.24) is 10.2 Å². The molecule has 6 nitrogen and oxygen atoms in total. The Hall–Kier alpha value is -1.92. The van der Waals surface area contributed by atoms with Gasteiger partial charge in [0.15, 0.2) is 0 Å². The van der Waals surface area contributed by atoms with E-state index in [4.69, 9.17) is 5.73 Å². The molecule has 2 heterocycles. The van der Waals surface area contributed by atoms with Gasteiger partial charge in [-0.2, -0.15) is 0 Å². The molecule has 6 heteroatoms. The van der Waals surface area contributed by atoms with E-state index < -0.39 is 5.91 Å². The Balaban J connectivity index is 1.51. The highest BCUT2D eigenvalue weighted by Gasteiger charge is 2.36. The Kier molecular flexibility index (Phi) is 3.90. The maximum atomic E-state index is 12.0. The number of primary amides is 1. The van der Waals surface area contributed by atoms with Crippen LogP contribution >= 0.6 is 0 Å². The predicted molar refractivity (Wildman–Crippen MR) is 79.9 cm³/mol. The fourth-order valence-electron chi connectivity index (χ4n) is 3.20. The van der Waals surface area contributed by atoms with Gasteiger partial charge in [0.05, 0.1) is 6.54 Å². The van der Waals surface area contributed by atoms with Crippen LogP contribution in [0.2, 0.25) is 0 Å². The number of nitrogens with two attached hydrogens (primary N) is 1. The van der Waals surface area contributed by atoms with E-state index in [1.165, 1.54) is 0 Å². The number of hydrogen-bond acceptors (Lipinski definition) is 4. The number of carbonyl (C=O) groups excluding carboxylic acids is 2. The normalized spacial score (nSPS) is 24.8. The van der Waals surface area contributed by atoms with Crippen molar-refractivity contribution in [2.75, 3.05) is 38.0 Å². The summed E-state index contributed by atoms with van der Waals surface area (Å²) in [5.74, 6) is 0.889. The number of benzene rings is 1. The lowest BCUT2D eigenvalue weighted by Gasteiger charge is -2.16. The first-order chi connectivity index (χ1) is 10.1. The summed E-state index contributed by atoms with van der Waals surface area (Å²) >= 11 is 0. The zero-order valence-electron chi connectivity index (χ0n) is 11.8. The summed E-state index contributed by atoms with van der Waals surface area (Å²) in [6.45, 7) is 4.54. The third-order valence-electron chi connectivity index (χ3n) is 4.29. The van der Waals surface area contributed by atoms with Crippen LogP contribution in [0.3, 0.4) is 0 Å². The van der Waals surface area contributed by atoms with Gasteiger partial charge in [0, 0.05) is 24.3 Å². The summed E-state index contributed by atoms with van der Waals surface area (Å²) in [4.78, 5) is 25.2. The molecule has 2 fully saturated rings. The van der Waals surface area contributed by atoms with Gasteiger partial charge in [0.2, 0.25) is 11.8 Å². The van der Waals surface area contributed by atoms with Gasteiger partial charge in [0.25, 0.3) is 0 Å². The van der Waals surface area contributed by atoms with E-state index in [9.17, 15) is 9.59 Å². The summed E-state index contributed by atoms with van der Waals surface area (Å²) in [7, 11) is 0. The molecule has 0 bridgehead atoms. The molecule has 2 aliphatic rings. The van der Waals surface area contributed by atoms with Crippen LogP contribution in [0.4, 0.5) is 5.69 Å². The number of amides is 2. The highest BCUT2D eigenvalue weighted by molar-refractivity contribution is 5.95. The van der Waals surface area contributed by atoms with E-state index in [1.807, 2.05) is 0 Å². The lowest BCUT2D eigenvalue weighted by atomic mass is 10.0. The minimum atomic E-state index is -0.468. The van der Waals surface area contributed by atoms with Crippen LogP contribution < -0.4 is 16.4 Å². The lowest BCUT2D eigenvalue weighted by Crippen LogP contribution is -2.33. The summed E-state index contributed by atoms with van der Waals surface area (Å²) in [6, 6.07) is 6.62. The van der Waals surface area contributed by atoms with E-state index in [1.54, 1.807) is 24.3 Å². The molecule has 112 valence electrons. The highest BCUT2D eigenvalue weighted by Crippen LogP contribution is 2.25. The molecule has 0 aromatic heterocycles. The molecule has 0 aliphatic carbocycles. The smallest absolute Gasteiger partial charge is 0.248 e. The summed E-state index contributed by atoms with van der Waals surface area (Å²) in [5.41, 5.74) is 6.30. The molecule has 2 amide bonds. The van der Waals surface area contributed by atoms with E-state index in [0.29, 0.717) is 29.6 Å². The number of nitrogens with one attached hydrogen (secondary N) is 2. The monoisotopic (exact) mass is 288 g/mol. The van der Waals surface area contributed by atoms with E-state index in [2.05, 4.69) is 15.5 Å². The van der Waals surface area contributed by atoms with Gasteiger partial charge in [-0.05, 0) is 49.2 Å². The second kappa shape index (κ2) is 5.83. The maximum absolute atomic E-state index is 12.0. The van der Waals surface area contributed by atoms with E-state index >= 15 is 0 Å². The van der Waals surface area contributed by atoms with Crippen LogP contribution in [0.15, 0.2) is 24.3 Å². The molecule has 4 N–H and O–H groups in total. The second-order valence-electron chi connectivity index (χ2n) is 5.86. The number of anilines is 1. The van der Waals surface area contributed by atoms with E-state index in [0.717, 1.165) is 26.2 Å². The Labute approximate surface area is 123 Å². The Bertz CT molecular complexity index is 531. The van der Waals surface area contributed by atoms with Crippen LogP contribution in [-0.4, -0.2) is 49.4 Å². The molecule has 2 saturated heterocycles. The number of rotatable bonds is 4. The summed E-state index contributed by atoms with van der Waals surface area (Å²) in [6.07, 6.45) is 0. The predicted octanol–water partition coefficient (Wildman–Crippen LogP) is -0.125. The SMILES string of the molecule is NC(=O)c1ccc(NC(=O)CN2C[C@H]3CNC[C@H]3C2)cc1. The molecule has 1 aromatic carbocycles. The van der Waals surface area contributed by atoms with Gasteiger partial charge in [-0.25, -0.2) is 0 Å². The van der Waals surface area contributed by atoms with Gasteiger partial charge in [0.1, 0.15) is 0 Å². The molecule has 1 aromatic rings. The van der Waals surface area contributed by atoms with Crippen LogP contribution in [0.25, 0.3) is 0 Å². The third-order valence-corrected chi connectivity index (χ3v) is 4.29. The minimum absolute atomic E-state index is 0.0187. The zero-order valence-corrected chi connectivity index (χ0v) is 11.8. The van der Waals surface area contributed by atoms with Crippen LogP contribution in [0.5, 0.6) is 0 Å². The molecular formula is C15H20N4O2. The van der Waals surface area contributed by atoms with Crippen molar-refractivity contribution in [3.05, 3.63) is 29.8 Å². The average molecular weight is 288 g/mol. The van der Waals surface area contributed by atoms with Crippen molar-refractivity contribution < 1.29 is 9.59 Å². The fourth-order valence-corrected chi connectivity index (χ4v) is 3.20. The summed E-state index contributed by atoms with van der Waals surface area (Å²) in [5, 5.41) is 6.24. The van der Waals surface area contributed by atoms with Gasteiger partial charge in [-0.3, -0.25) is 14.5 Å². The number of likely N-dealkylation sites (tertiary alicyclic amines) is 1. The Morgan fingerprint density at radius 2 is 1.81 bits per heavy atom. The van der Waals surface area contributed by atoms with Crippen molar-refractivity contribution in [2.24, 2.45) is 17.6 Å². The Morgan fingerprint density at radius 1 is 1.19 bits per heavy atom. The van der Waals surface area contributed by atoms with Gasteiger partial charge in [-0.1, -0.05) is 0 Å². The first kappa shape index (κ1) is 14.0. The topological polar surface area (TPSA) is 87.5 Å². The van der Waals surface area contributed by atoms with Crippen LogP contribution in [0.1, 0.15) is 10.4 Å². The largest absolute Gasteiger partial charge is 0.366 e. The second-order valence-corrected chi connectivity index (χ2v) is 5.86. The van der Waals surface area contributed by atoms with Crippen molar-refractivity contribution in [3.63, 3.8) is 0 Å². The fraction of sp³-hybridized carbons (Fsp3) is 0.467. The molecule has 0 unspecified atom stereocenters. The van der Waals surface area contributed by atoms with E-state index in [-0.39, 0.29) is 5.91 Å². The van der Waals surface area contributed by atoms with Gasteiger partial charge < -0.3 is 16.4 Å². The van der Waals surface area contributed by atoms with Crippen molar-refractivity contribution in [3.8, 4) is 0 Å². The summed E-state index contributed by atoms with van der Waals surface area (Å²) < 4.78 is 0. The third kappa shape index (κ3) is 3.22. The molecule has 2 atom stereocenters. The van der Waals surface area contributed by atoms with Gasteiger partial charge >= 0.3 is 0 Å². The Morgan fingerprint density at radius 3 is 2.38 bits per heavy atom. The molecule has 3 rings (SSSR count). The highest BCUT2D eigenvalue weighted by atomic mass is 16.2. The average Bonchev–Trinajstić information content (AvgIpc) is 3.00.